The van der Waals surface area contributed by atoms with Crippen LogP contribution in [0.25, 0.3) is 0 Å². The Kier molecular flexibility index (Phi) is 8.44. The van der Waals surface area contributed by atoms with Gasteiger partial charge in [0.25, 0.3) is 11.8 Å². The Morgan fingerprint density at radius 3 is 2.53 bits per heavy atom. The van der Waals surface area contributed by atoms with Gasteiger partial charge < -0.3 is 31.5 Å². The summed E-state index contributed by atoms with van der Waals surface area (Å²) in [5.41, 5.74) is 0.889. The van der Waals surface area contributed by atoms with E-state index < -0.39 is 23.8 Å². The summed E-state index contributed by atoms with van der Waals surface area (Å²) in [5.74, 6) is -2.75. The number of hydrogen-bond donors (Lipinski definition) is 6. The van der Waals surface area contributed by atoms with E-state index in [9.17, 15) is 29.4 Å². The number of phenolic OH excluding ortho intramolecular Hbond substituents is 1. The van der Waals surface area contributed by atoms with Crippen molar-refractivity contribution in [2.45, 2.75) is 31.5 Å². The van der Waals surface area contributed by atoms with Crippen LogP contribution in [0.3, 0.4) is 0 Å². The van der Waals surface area contributed by atoms with Crippen LogP contribution < -0.4 is 21.3 Å². The third kappa shape index (κ3) is 6.69. The number of aromatic hydroxyl groups is 1. The molecule has 3 amide bonds. The van der Waals surface area contributed by atoms with E-state index in [2.05, 4.69) is 21.3 Å². The van der Waals surface area contributed by atoms with Crippen molar-refractivity contribution in [3.8, 4) is 5.75 Å². The first kappa shape index (κ1) is 25.0. The molecule has 6 N–H and O–H groups in total. The second kappa shape index (κ2) is 11.5. The number of aliphatic carboxylic acids is 1. The fraction of sp³-hybridized carbons (Fsp3) is 0.304. The van der Waals surface area contributed by atoms with Crippen LogP contribution in [0.4, 0.5) is 0 Å². The molecule has 0 saturated carbocycles. The van der Waals surface area contributed by atoms with E-state index in [0.717, 1.165) is 13.0 Å². The summed E-state index contributed by atoms with van der Waals surface area (Å²) in [6.07, 6.45) is 1.53. The molecule has 3 rings (SSSR count). The van der Waals surface area contributed by atoms with Gasteiger partial charge in [-0.1, -0.05) is 23.7 Å². The summed E-state index contributed by atoms with van der Waals surface area (Å²) in [6, 6.07) is 8.72. The van der Waals surface area contributed by atoms with Crippen LogP contribution >= 0.6 is 11.6 Å². The molecule has 180 valence electrons. The van der Waals surface area contributed by atoms with Gasteiger partial charge in [-0.3, -0.25) is 14.4 Å². The van der Waals surface area contributed by atoms with Gasteiger partial charge in [0.1, 0.15) is 11.8 Å². The molecule has 2 aromatic rings. The van der Waals surface area contributed by atoms with Crippen LogP contribution in [0.2, 0.25) is 5.02 Å². The van der Waals surface area contributed by atoms with Gasteiger partial charge in [0.15, 0.2) is 0 Å². The summed E-state index contributed by atoms with van der Waals surface area (Å²) in [7, 11) is 0. The number of carbonyl (C=O) groups excluding carboxylic acids is 3. The molecule has 0 aromatic heterocycles. The quantitative estimate of drug-likeness (QED) is 0.307. The van der Waals surface area contributed by atoms with Crippen molar-refractivity contribution in [2.24, 2.45) is 0 Å². The zero-order chi connectivity index (χ0) is 24.7. The number of halogens is 1. The Labute approximate surface area is 200 Å². The Morgan fingerprint density at radius 2 is 1.88 bits per heavy atom. The van der Waals surface area contributed by atoms with Crippen molar-refractivity contribution in [2.75, 3.05) is 13.1 Å². The molecule has 0 spiro atoms. The highest BCUT2D eigenvalue weighted by molar-refractivity contribution is 6.34. The van der Waals surface area contributed by atoms with Crippen LogP contribution in [0.5, 0.6) is 5.75 Å². The number of carbonyl (C=O) groups is 4. The van der Waals surface area contributed by atoms with E-state index in [-0.39, 0.29) is 46.9 Å². The molecule has 0 radical (unpaired) electrons. The zero-order valence-corrected chi connectivity index (χ0v) is 18.9. The molecule has 0 bridgehead atoms. The van der Waals surface area contributed by atoms with Gasteiger partial charge in [0.2, 0.25) is 5.91 Å². The maximum absolute atomic E-state index is 12.6. The van der Waals surface area contributed by atoms with E-state index in [1.807, 2.05) is 0 Å². The van der Waals surface area contributed by atoms with Crippen LogP contribution in [0.15, 0.2) is 42.5 Å². The largest absolute Gasteiger partial charge is 0.508 e. The number of phenols is 1. The van der Waals surface area contributed by atoms with E-state index in [0.29, 0.717) is 12.0 Å². The van der Waals surface area contributed by atoms with Gasteiger partial charge in [-0.25, -0.2) is 4.79 Å². The summed E-state index contributed by atoms with van der Waals surface area (Å²) in [4.78, 5) is 48.7. The predicted molar refractivity (Wildman–Crippen MR) is 124 cm³/mol. The van der Waals surface area contributed by atoms with Gasteiger partial charge >= 0.3 is 5.97 Å². The Hall–Kier alpha value is -3.63. The molecule has 0 unspecified atom stereocenters. The van der Waals surface area contributed by atoms with Gasteiger partial charge in [-0.2, -0.15) is 0 Å². The minimum atomic E-state index is -1.36. The second-order valence-electron chi connectivity index (χ2n) is 7.81. The Morgan fingerprint density at radius 1 is 1.09 bits per heavy atom. The molecule has 2 aromatic carbocycles. The first-order chi connectivity index (χ1) is 16.2. The number of amides is 3. The number of carboxylic acid groups (broad SMARTS) is 1. The molecule has 1 fully saturated rings. The van der Waals surface area contributed by atoms with Gasteiger partial charge in [0, 0.05) is 18.7 Å². The molecule has 34 heavy (non-hydrogen) atoms. The van der Waals surface area contributed by atoms with Crippen molar-refractivity contribution >= 4 is 35.3 Å². The highest BCUT2D eigenvalue weighted by atomic mass is 35.5. The number of hydrogen-bond acceptors (Lipinski definition) is 6. The molecule has 11 heteroatoms. The Balaban J connectivity index is 1.58. The third-order valence-electron chi connectivity index (χ3n) is 5.30. The summed E-state index contributed by atoms with van der Waals surface area (Å²) in [6.45, 7) is 0.611. The lowest BCUT2D eigenvalue weighted by molar-refractivity contribution is -0.139. The molecule has 1 heterocycles. The van der Waals surface area contributed by atoms with E-state index in [1.54, 1.807) is 12.1 Å². The van der Waals surface area contributed by atoms with Crippen molar-refractivity contribution in [3.63, 3.8) is 0 Å². The molecule has 10 nitrogen and oxygen atoms in total. The van der Waals surface area contributed by atoms with Gasteiger partial charge in [-0.05, 0) is 55.3 Å². The van der Waals surface area contributed by atoms with Crippen molar-refractivity contribution in [1.29, 1.82) is 0 Å². The summed E-state index contributed by atoms with van der Waals surface area (Å²) in [5, 5.41) is 29.4. The van der Waals surface area contributed by atoms with Crippen molar-refractivity contribution < 1.29 is 29.4 Å². The zero-order valence-electron chi connectivity index (χ0n) is 18.1. The summed E-state index contributed by atoms with van der Waals surface area (Å²) < 4.78 is 0. The molecule has 1 aliphatic heterocycles. The average molecular weight is 489 g/mol. The highest BCUT2D eigenvalue weighted by Crippen LogP contribution is 2.19. The minimum absolute atomic E-state index is 0.0127. The summed E-state index contributed by atoms with van der Waals surface area (Å²) >= 11 is 6.18. The number of carboxylic acids is 1. The van der Waals surface area contributed by atoms with Crippen molar-refractivity contribution in [1.82, 2.24) is 21.3 Å². The lowest BCUT2D eigenvalue weighted by atomic mass is 10.1. The van der Waals surface area contributed by atoms with Crippen LogP contribution in [0, 0.1) is 0 Å². The standard InChI is InChI=1S/C23H25ClN4O6/c24-17-10-14(20(30)26-11-13-3-1-4-15(29)9-13)6-7-16(17)21(31)28-19(23(33)34)12-27-22(32)18-5-2-8-25-18/h1,3-4,6-7,9-10,18-19,25,29H,2,5,8,11-12H2,(H,26,30)(H,27,32)(H,28,31)(H,33,34)/t18-,19-/m0/s1. The van der Waals surface area contributed by atoms with Gasteiger partial charge in [0.05, 0.1) is 16.6 Å². The predicted octanol–water partition coefficient (Wildman–Crippen LogP) is 1.03. The molecular weight excluding hydrogens is 464 g/mol. The Bertz CT molecular complexity index is 1090. The minimum Gasteiger partial charge on any atom is -0.508 e. The molecular formula is C23H25ClN4O6. The fourth-order valence-electron chi connectivity index (χ4n) is 3.46. The maximum atomic E-state index is 12.6. The molecule has 0 aliphatic carbocycles. The number of benzene rings is 2. The average Bonchev–Trinajstić information content (AvgIpc) is 3.34. The monoisotopic (exact) mass is 488 g/mol. The number of nitrogens with one attached hydrogen (secondary N) is 4. The van der Waals surface area contributed by atoms with Gasteiger partial charge in [-0.15, -0.1) is 0 Å². The SMILES string of the molecule is O=C(NCc1cccc(O)c1)c1ccc(C(=O)N[C@@H](CNC(=O)[C@@H]2CCCN2)C(=O)O)c(Cl)c1. The molecule has 2 atom stereocenters. The van der Waals surface area contributed by atoms with Crippen LogP contribution in [-0.2, 0) is 16.1 Å². The topological polar surface area (TPSA) is 157 Å². The fourth-order valence-corrected chi connectivity index (χ4v) is 3.73. The van der Waals surface area contributed by atoms with Crippen molar-refractivity contribution in [3.05, 3.63) is 64.2 Å². The molecule has 1 aliphatic rings. The van der Waals surface area contributed by atoms with E-state index in [1.165, 1.54) is 30.3 Å². The first-order valence-electron chi connectivity index (χ1n) is 10.6. The third-order valence-corrected chi connectivity index (χ3v) is 5.61. The lowest BCUT2D eigenvalue weighted by Crippen LogP contribution is -2.51. The van der Waals surface area contributed by atoms with Crippen LogP contribution in [-0.4, -0.2) is 59.1 Å². The first-order valence-corrected chi connectivity index (χ1v) is 11.0. The van der Waals surface area contributed by atoms with E-state index in [4.69, 9.17) is 11.6 Å². The number of rotatable bonds is 9. The maximum Gasteiger partial charge on any atom is 0.328 e. The highest BCUT2D eigenvalue weighted by Gasteiger charge is 2.26. The lowest BCUT2D eigenvalue weighted by Gasteiger charge is -2.17. The normalized spacial score (nSPS) is 15.9. The molecule has 1 saturated heterocycles. The second-order valence-corrected chi connectivity index (χ2v) is 8.21. The van der Waals surface area contributed by atoms with Crippen LogP contribution in [0.1, 0.15) is 39.1 Å². The van der Waals surface area contributed by atoms with E-state index >= 15 is 0 Å². The smallest absolute Gasteiger partial charge is 0.328 e.